The fourth-order valence-electron chi connectivity index (χ4n) is 4.57. The van der Waals surface area contributed by atoms with E-state index in [1.54, 1.807) is 26.0 Å². The summed E-state index contributed by atoms with van der Waals surface area (Å²) in [7, 11) is 2.00. The molecule has 0 aromatic heterocycles. The summed E-state index contributed by atoms with van der Waals surface area (Å²) in [5.41, 5.74) is 17.2. The number of hydrogen-bond donors (Lipinski definition) is 11. The van der Waals surface area contributed by atoms with Crippen molar-refractivity contribution >= 4 is 74.9 Å². The quantitative estimate of drug-likeness (QED) is 0.113. The highest BCUT2D eigenvalue weighted by molar-refractivity contribution is 8.76. The van der Waals surface area contributed by atoms with E-state index in [-0.39, 0.29) is 36.5 Å². The molecular formula is C32H45F3N8O12S2. The second-order valence-corrected chi connectivity index (χ2v) is 15.0. The van der Waals surface area contributed by atoms with E-state index in [2.05, 4.69) is 26.6 Å². The van der Waals surface area contributed by atoms with Crippen LogP contribution in [0.15, 0.2) is 24.3 Å². The van der Waals surface area contributed by atoms with Crippen LogP contribution in [0.3, 0.4) is 0 Å². The van der Waals surface area contributed by atoms with Crippen LogP contribution in [0.25, 0.3) is 0 Å². The molecule has 20 nitrogen and oxygen atoms in total. The van der Waals surface area contributed by atoms with E-state index < -0.39 is 108 Å². The Morgan fingerprint density at radius 3 is 1.81 bits per heavy atom. The number of hydrogen-bond acceptors (Lipinski definition) is 13. The average molecular weight is 855 g/mol. The lowest BCUT2D eigenvalue weighted by Gasteiger charge is -2.29. The Bertz CT molecular complexity index is 1620. The molecule has 1 heterocycles. The van der Waals surface area contributed by atoms with Crippen molar-refractivity contribution in [3.05, 3.63) is 29.8 Å². The van der Waals surface area contributed by atoms with Gasteiger partial charge in [0.2, 0.25) is 41.4 Å². The number of primary amides is 2. The van der Waals surface area contributed by atoms with Gasteiger partial charge in [-0.25, -0.2) is 9.59 Å². The summed E-state index contributed by atoms with van der Waals surface area (Å²) in [5.74, 6) is -11.3. The summed E-state index contributed by atoms with van der Waals surface area (Å²) in [6, 6.07) is -2.50. The maximum Gasteiger partial charge on any atom is 0.490 e. The third-order valence-corrected chi connectivity index (χ3v) is 10.4. The molecule has 1 aliphatic rings. The Kier molecular flexibility index (Phi) is 20.7. The van der Waals surface area contributed by atoms with Gasteiger partial charge in [-0.2, -0.15) is 13.2 Å². The van der Waals surface area contributed by atoms with Crippen molar-refractivity contribution in [2.24, 2.45) is 23.1 Å². The topological polar surface area (TPSA) is 353 Å². The van der Waals surface area contributed by atoms with Crippen molar-refractivity contribution in [2.45, 2.75) is 88.4 Å². The van der Waals surface area contributed by atoms with Crippen LogP contribution in [0.5, 0.6) is 5.75 Å². The molecule has 1 aromatic rings. The first-order valence-corrected chi connectivity index (χ1v) is 19.3. The average Bonchev–Trinajstić information content (AvgIpc) is 3.12. The maximum atomic E-state index is 13.7. The Morgan fingerprint density at radius 1 is 0.789 bits per heavy atom. The van der Waals surface area contributed by atoms with Gasteiger partial charge in [0.15, 0.2) is 0 Å². The molecule has 1 saturated heterocycles. The zero-order valence-electron chi connectivity index (χ0n) is 30.5. The normalized spacial score (nSPS) is 23.7. The number of nitrogens with two attached hydrogens (primary N) is 3. The molecule has 14 N–H and O–H groups in total. The second kappa shape index (κ2) is 23.7. The molecule has 0 spiro atoms. The van der Waals surface area contributed by atoms with E-state index in [9.17, 15) is 61.7 Å². The Labute approximate surface area is 331 Å². The Morgan fingerprint density at radius 2 is 1.30 bits per heavy atom. The number of carboxylic acid groups (broad SMARTS) is 2. The number of phenols is 1. The smallest absolute Gasteiger partial charge is 0.490 e. The molecule has 0 radical (unpaired) electrons. The first kappa shape index (κ1) is 49.7. The van der Waals surface area contributed by atoms with Crippen molar-refractivity contribution in [1.29, 1.82) is 0 Å². The molecule has 0 saturated carbocycles. The van der Waals surface area contributed by atoms with Gasteiger partial charge in [0.25, 0.3) is 0 Å². The van der Waals surface area contributed by atoms with Gasteiger partial charge in [0.05, 0.1) is 12.5 Å². The molecule has 1 fully saturated rings. The van der Waals surface area contributed by atoms with E-state index in [0.717, 1.165) is 21.6 Å². The van der Waals surface area contributed by atoms with E-state index in [1.807, 2.05) is 0 Å². The largest absolute Gasteiger partial charge is 0.508 e. The molecule has 57 heavy (non-hydrogen) atoms. The highest BCUT2D eigenvalue weighted by Gasteiger charge is 2.38. The second-order valence-electron chi connectivity index (χ2n) is 12.5. The van der Waals surface area contributed by atoms with Crippen LogP contribution in [-0.2, 0) is 49.6 Å². The molecule has 7 atom stereocenters. The van der Waals surface area contributed by atoms with Gasteiger partial charge in [-0.05, 0) is 30.0 Å². The molecule has 25 heteroatoms. The predicted molar refractivity (Wildman–Crippen MR) is 197 cm³/mol. The highest BCUT2D eigenvalue weighted by atomic mass is 33.1. The lowest BCUT2D eigenvalue weighted by Crippen LogP contribution is -2.61. The monoisotopic (exact) mass is 854 g/mol. The van der Waals surface area contributed by atoms with Crippen LogP contribution < -0.4 is 43.8 Å². The predicted octanol–water partition coefficient (Wildman–Crippen LogP) is -2.01. The standard InChI is InChI=1S/C30H44N8O10S2.C2HF3O2/c1-3-14(2)24-29(46)34-18(8-9-22(32)40)26(43)36-20(11-23(33)41)27(44)37-21(30(47)48)13-50-49-12-17(31)25(42)35-19(28(45)38-24)10-15-4-6-16(39)7-5-15;3-2(4,5)1(6)7/h4-7,14,17-21,24,39H,3,8-13,31H2,1-2H3,(H2,32,40)(H2,33,41)(H,34,46)(H,35,42)(H,36,43)(H,37,44)(H,38,45)(H,47,48);(H,6,7)/t14-,17-,18-,19-,20-,21-,24-;/m0./s1. The van der Waals surface area contributed by atoms with E-state index in [0.29, 0.717) is 12.0 Å². The number of rotatable bonds is 10. The fourth-order valence-corrected chi connectivity index (χ4v) is 6.85. The van der Waals surface area contributed by atoms with E-state index in [1.165, 1.54) is 12.1 Å². The number of halogens is 3. The van der Waals surface area contributed by atoms with Crippen LogP contribution in [0.2, 0.25) is 0 Å². The minimum absolute atomic E-state index is 0.0240. The molecule has 2 rings (SSSR count). The number of alkyl halides is 3. The minimum atomic E-state index is -5.08. The van der Waals surface area contributed by atoms with Crippen molar-refractivity contribution in [2.75, 3.05) is 11.5 Å². The highest BCUT2D eigenvalue weighted by Crippen LogP contribution is 2.23. The molecule has 1 aliphatic heterocycles. The number of aliphatic carboxylic acids is 2. The van der Waals surface area contributed by atoms with Gasteiger partial charge >= 0.3 is 18.1 Å². The SMILES string of the molecule is CC[C@H](C)[C@@H]1NC(=O)[C@H](Cc2ccc(O)cc2)NC(=O)[C@@H](N)CSSC[C@@H](C(=O)O)NC(=O)[C@H](CC(N)=O)NC(=O)[C@H](CCC(N)=O)NC1=O.O=C(O)C(F)(F)F. The number of carbonyl (C=O) groups is 9. The van der Waals surface area contributed by atoms with Gasteiger partial charge in [-0.15, -0.1) is 0 Å². The van der Waals surface area contributed by atoms with Gasteiger partial charge in [-0.1, -0.05) is 54.0 Å². The summed E-state index contributed by atoms with van der Waals surface area (Å²) in [4.78, 5) is 111. The Balaban J connectivity index is 0.00000211. The van der Waals surface area contributed by atoms with Crippen molar-refractivity contribution in [3.8, 4) is 5.75 Å². The third kappa shape index (κ3) is 18.5. The molecule has 7 amide bonds. The van der Waals surface area contributed by atoms with Crippen molar-refractivity contribution in [3.63, 3.8) is 0 Å². The lowest BCUT2D eigenvalue weighted by atomic mass is 9.96. The lowest BCUT2D eigenvalue weighted by molar-refractivity contribution is -0.192. The molecule has 318 valence electrons. The minimum Gasteiger partial charge on any atom is -0.508 e. The number of carbonyl (C=O) groups excluding carboxylic acids is 7. The summed E-state index contributed by atoms with van der Waals surface area (Å²) in [6.07, 6.45) is -6.24. The van der Waals surface area contributed by atoms with Crippen LogP contribution in [0.1, 0.15) is 45.1 Å². The van der Waals surface area contributed by atoms with E-state index in [4.69, 9.17) is 27.1 Å². The summed E-state index contributed by atoms with van der Waals surface area (Å²) >= 11 is 0. The fraction of sp³-hybridized carbons (Fsp3) is 0.531. The van der Waals surface area contributed by atoms with Crippen LogP contribution in [0.4, 0.5) is 13.2 Å². The molecule has 0 aliphatic carbocycles. The zero-order chi connectivity index (χ0) is 43.6. The zero-order valence-corrected chi connectivity index (χ0v) is 32.1. The summed E-state index contributed by atoms with van der Waals surface area (Å²) in [6.45, 7) is 3.41. The molecule has 0 unspecified atom stereocenters. The van der Waals surface area contributed by atoms with E-state index >= 15 is 0 Å². The van der Waals surface area contributed by atoms with Crippen LogP contribution in [-0.4, -0.2) is 123 Å². The van der Waals surface area contributed by atoms with Gasteiger partial charge in [0, 0.05) is 24.3 Å². The first-order valence-electron chi connectivity index (χ1n) is 16.9. The van der Waals surface area contributed by atoms with Crippen molar-refractivity contribution in [1.82, 2.24) is 26.6 Å². The van der Waals surface area contributed by atoms with Gasteiger partial charge < -0.3 is 59.1 Å². The number of amides is 7. The number of aromatic hydroxyl groups is 1. The molecule has 0 bridgehead atoms. The van der Waals surface area contributed by atoms with Gasteiger partial charge in [-0.3, -0.25) is 33.6 Å². The number of phenolic OH excluding ortho intramolecular Hbond substituents is 1. The van der Waals surface area contributed by atoms with Gasteiger partial charge in [0.1, 0.15) is 36.0 Å². The number of carboxylic acids is 2. The number of nitrogens with one attached hydrogen (secondary N) is 5. The first-order chi connectivity index (χ1) is 26.5. The number of benzene rings is 1. The summed E-state index contributed by atoms with van der Waals surface area (Å²) in [5, 5.41) is 38.8. The molecule has 1 aromatic carbocycles. The van der Waals surface area contributed by atoms with Crippen LogP contribution in [0, 0.1) is 5.92 Å². The summed E-state index contributed by atoms with van der Waals surface area (Å²) < 4.78 is 31.7. The van der Waals surface area contributed by atoms with Crippen LogP contribution >= 0.6 is 21.6 Å². The third-order valence-electron chi connectivity index (χ3n) is 7.91. The maximum absolute atomic E-state index is 13.7. The molecular weight excluding hydrogens is 810 g/mol. The van der Waals surface area contributed by atoms with Crippen molar-refractivity contribution < 1.29 is 71.6 Å². The Hall–Kier alpha value is -5.30.